The highest BCUT2D eigenvalue weighted by Gasteiger charge is 2.24. The molecule has 0 radical (unpaired) electrons. The van der Waals surface area contributed by atoms with Crippen LogP contribution >= 0.6 is 12.4 Å². The Morgan fingerprint density at radius 2 is 2.07 bits per heavy atom. The Bertz CT molecular complexity index is 856. The second-order valence-corrected chi connectivity index (χ2v) is 7.21. The molecule has 1 N–H and O–H groups in total. The maximum absolute atomic E-state index is 13.8. The minimum atomic E-state index is -0.724. The van der Waals surface area contributed by atoms with E-state index in [9.17, 15) is 14.3 Å². The average molecular weight is 420 g/mol. The quantitative estimate of drug-likeness (QED) is 0.519. The van der Waals surface area contributed by atoms with Gasteiger partial charge in [-0.25, -0.2) is 4.39 Å². The first-order chi connectivity index (χ1) is 13.5. The zero-order chi connectivity index (χ0) is 19.9. The number of hydrogen-bond donors (Lipinski definition) is 1. The summed E-state index contributed by atoms with van der Waals surface area (Å²) in [6, 6.07) is 14.4. The average Bonchev–Trinajstić information content (AvgIpc) is 2.69. The summed E-state index contributed by atoms with van der Waals surface area (Å²) in [4.78, 5) is 13.3. The van der Waals surface area contributed by atoms with E-state index in [0.717, 1.165) is 41.6 Å². The number of piperidine rings is 1. The number of aryl methyl sites for hydroxylation is 1. The summed E-state index contributed by atoms with van der Waals surface area (Å²) in [6.07, 6.45) is 3.32. The Labute approximate surface area is 177 Å². The van der Waals surface area contributed by atoms with E-state index in [0.29, 0.717) is 19.7 Å². The highest BCUT2D eigenvalue weighted by atomic mass is 35.5. The van der Waals surface area contributed by atoms with E-state index in [1.54, 1.807) is 12.3 Å². The van der Waals surface area contributed by atoms with Crippen LogP contribution in [0.2, 0.25) is 0 Å². The summed E-state index contributed by atoms with van der Waals surface area (Å²) in [5.74, 6) is -1.30. The lowest BCUT2D eigenvalue weighted by atomic mass is 9.95. The molecule has 4 nitrogen and oxygen atoms in total. The van der Waals surface area contributed by atoms with Gasteiger partial charge in [-0.1, -0.05) is 36.4 Å². The summed E-state index contributed by atoms with van der Waals surface area (Å²) in [7, 11) is 0. The number of hydrogen-bond acceptors (Lipinski definition) is 3. The number of nitrogens with zero attached hydrogens (tertiary/aromatic N) is 1. The Morgan fingerprint density at radius 3 is 2.79 bits per heavy atom. The maximum atomic E-state index is 13.8. The van der Waals surface area contributed by atoms with Crippen molar-refractivity contribution >= 4 is 23.9 Å². The molecule has 2 aromatic carbocycles. The van der Waals surface area contributed by atoms with Crippen molar-refractivity contribution in [1.29, 1.82) is 0 Å². The molecular formula is C23H27ClFNO3. The van der Waals surface area contributed by atoms with E-state index in [2.05, 4.69) is 4.90 Å². The van der Waals surface area contributed by atoms with Gasteiger partial charge in [-0.3, -0.25) is 9.69 Å². The largest absolute Gasteiger partial charge is 0.499 e. The summed E-state index contributed by atoms with van der Waals surface area (Å²) in [5.41, 5.74) is 3.68. The lowest BCUT2D eigenvalue weighted by molar-refractivity contribution is -0.143. The second-order valence-electron chi connectivity index (χ2n) is 7.21. The van der Waals surface area contributed by atoms with Crippen LogP contribution in [0.25, 0.3) is 5.57 Å². The fraction of sp³-hybridized carbons (Fsp3) is 0.348. The molecule has 1 saturated heterocycles. The van der Waals surface area contributed by atoms with Crippen LogP contribution in [0.4, 0.5) is 4.39 Å². The topological polar surface area (TPSA) is 49.8 Å². The minimum Gasteiger partial charge on any atom is -0.499 e. The first-order valence-electron chi connectivity index (χ1n) is 9.63. The molecule has 2 aromatic rings. The molecule has 0 saturated carbocycles. The van der Waals surface area contributed by atoms with Crippen LogP contribution < -0.4 is 0 Å². The summed E-state index contributed by atoms with van der Waals surface area (Å²) >= 11 is 0. The van der Waals surface area contributed by atoms with Gasteiger partial charge in [0.2, 0.25) is 0 Å². The zero-order valence-electron chi connectivity index (χ0n) is 16.5. The van der Waals surface area contributed by atoms with Gasteiger partial charge in [0.15, 0.2) is 0 Å². The standard InChI is InChI=1S/C23H26FNO3.ClH/c1-17-6-2-3-10-21(17)22(18-7-4-9-20(24)14-18)16-28-13-12-25-11-5-8-19(15-25)23(26)27;/h2-4,6-7,9-10,14,16,19H,5,8,11-13,15H2,1H3,(H,26,27);1H/b22-16-;/t19-;/m1./s1. The van der Waals surface area contributed by atoms with Gasteiger partial charge < -0.3 is 9.84 Å². The smallest absolute Gasteiger partial charge is 0.307 e. The van der Waals surface area contributed by atoms with Crippen LogP contribution in [-0.4, -0.2) is 42.2 Å². The molecule has 3 rings (SSSR count). The van der Waals surface area contributed by atoms with Gasteiger partial charge in [0.05, 0.1) is 12.2 Å². The Balaban J connectivity index is 0.00000300. The fourth-order valence-electron chi connectivity index (χ4n) is 3.60. The Morgan fingerprint density at radius 1 is 1.28 bits per heavy atom. The van der Waals surface area contributed by atoms with Gasteiger partial charge in [0.1, 0.15) is 12.4 Å². The number of benzene rings is 2. The predicted molar refractivity (Wildman–Crippen MR) is 115 cm³/mol. The van der Waals surface area contributed by atoms with Gasteiger partial charge in [0.25, 0.3) is 0 Å². The van der Waals surface area contributed by atoms with Crippen molar-refractivity contribution in [2.24, 2.45) is 5.92 Å². The number of carboxylic acids is 1. The molecule has 1 aliphatic heterocycles. The number of ether oxygens (including phenoxy) is 1. The highest BCUT2D eigenvalue weighted by Crippen LogP contribution is 2.26. The molecule has 6 heteroatoms. The van der Waals surface area contributed by atoms with Crippen LogP contribution in [0.1, 0.15) is 29.5 Å². The molecule has 0 bridgehead atoms. The van der Waals surface area contributed by atoms with Gasteiger partial charge in [-0.05, 0) is 55.1 Å². The van der Waals surface area contributed by atoms with Crippen LogP contribution in [0, 0.1) is 18.7 Å². The Kier molecular flexibility index (Phi) is 8.68. The normalized spacial score (nSPS) is 17.4. The van der Waals surface area contributed by atoms with E-state index in [1.807, 2.05) is 37.3 Å². The van der Waals surface area contributed by atoms with E-state index < -0.39 is 5.97 Å². The van der Waals surface area contributed by atoms with Crippen molar-refractivity contribution in [3.63, 3.8) is 0 Å². The molecule has 29 heavy (non-hydrogen) atoms. The molecule has 1 atom stereocenters. The van der Waals surface area contributed by atoms with E-state index in [1.165, 1.54) is 12.1 Å². The van der Waals surface area contributed by atoms with Crippen molar-refractivity contribution in [3.8, 4) is 0 Å². The predicted octanol–water partition coefficient (Wildman–Crippen LogP) is 4.76. The lowest BCUT2D eigenvalue weighted by Gasteiger charge is -2.30. The van der Waals surface area contributed by atoms with Crippen LogP contribution in [-0.2, 0) is 9.53 Å². The summed E-state index contributed by atoms with van der Waals surface area (Å²) in [5, 5.41) is 9.20. The first kappa shape index (κ1) is 22.9. The van der Waals surface area contributed by atoms with E-state index in [-0.39, 0.29) is 24.1 Å². The number of rotatable bonds is 7. The minimum absolute atomic E-state index is 0. The van der Waals surface area contributed by atoms with E-state index in [4.69, 9.17) is 4.74 Å². The number of carbonyl (C=O) groups is 1. The molecule has 0 amide bonds. The third-order valence-electron chi connectivity index (χ3n) is 5.15. The van der Waals surface area contributed by atoms with E-state index >= 15 is 0 Å². The van der Waals surface area contributed by atoms with Gasteiger partial charge in [0, 0.05) is 18.7 Å². The molecule has 0 unspecified atom stereocenters. The summed E-state index contributed by atoms with van der Waals surface area (Å²) < 4.78 is 19.6. The van der Waals surface area contributed by atoms with Crippen molar-refractivity contribution in [2.45, 2.75) is 19.8 Å². The fourth-order valence-corrected chi connectivity index (χ4v) is 3.60. The van der Waals surface area contributed by atoms with Crippen LogP contribution in [0.5, 0.6) is 0 Å². The maximum Gasteiger partial charge on any atom is 0.307 e. The molecule has 0 spiro atoms. The second kappa shape index (κ2) is 11.0. The SMILES string of the molecule is Cc1ccccc1/C(=C\OCCN1CCC[C@@H](C(=O)O)C1)c1cccc(F)c1.Cl. The Hall–Kier alpha value is -2.37. The number of aliphatic carboxylic acids is 1. The van der Waals surface area contributed by atoms with Crippen LogP contribution in [0.3, 0.4) is 0 Å². The molecule has 0 aromatic heterocycles. The molecule has 156 valence electrons. The number of halogens is 2. The number of carboxylic acid groups (broad SMARTS) is 1. The highest BCUT2D eigenvalue weighted by molar-refractivity contribution is 5.85. The summed E-state index contributed by atoms with van der Waals surface area (Å²) in [6.45, 7) is 4.60. The van der Waals surface area contributed by atoms with Gasteiger partial charge in [-0.2, -0.15) is 0 Å². The van der Waals surface area contributed by atoms with Gasteiger partial charge >= 0.3 is 5.97 Å². The molecule has 1 fully saturated rings. The third-order valence-corrected chi connectivity index (χ3v) is 5.15. The monoisotopic (exact) mass is 419 g/mol. The lowest BCUT2D eigenvalue weighted by Crippen LogP contribution is -2.40. The van der Waals surface area contributed by atoms with Crippen molar-refractivity contribution in [3.05, 3.63) is 77.3 Å². The third kappa shape index (κ3) is 6.31. The van der Waals surface area contributed by atoms with Crippen molar-refractivity contribution in [2.75, 3.05) is 26.2 Å². The zero-order valence-corrected chi connectivity index (χ0v) is 17.3. The first-order valence-corrected chi connectivity index (χ1v) is 9.63. The molecule has 0 aliphatic carbocycles. The molecule has 1 aliphatic rings. The molecule has 1 heterocycles. The van der Waals surface area contributed by atoms with Gasteiger partial charge in [-0.15, -0.1) is 12.4 Å². The number of likely N-dealkylation sites (tertiary alicyclic amines) is 1. The van der Waals surface area contributed by atoms with Crippen molar-refractivity contribution in [1.82, 2.24) is 4.90 Å². The molecular weight excluding hydrogens is 393 g/mol. The van der Waals surface area contributed by atoms with Crippen molar-refractivity contribution < 1.29 is 19.0 Å². The van der Waals surface area contributed by atoms with Crippen LogP contribution in [0.15, 0.2) is 54.8 Å².